The van der Waals surface area contributed by atoms with Crippen LogP contribution in [0.2, 0.25) is 0 Å². The minimum atomic E-state index is -0.161. The maximum atomic E-state index is 13.1. The topological polar surface area (TPSA) is 54.0 Å². The highest BCUT2D eigenvalue weighted by Gasteiger charge is 2.34. The van der Waals surface area contributed by atoms with Gasteiger partial charge < -0.3 is 19.7 Å². The molecule has 0 aromatic heterocycles. The maximum Gasteiger partial charge on any atom is 0.241 e. The van der Waals surface area contributed by atoms with Crippen LogP contribution in [0.15, 0.2) is 24.3 Å². The molecule has 0 unspecified atom stereocenters. The average Bonchev–Trinajstić information content (AvgIpc) is 2.61. The number of hydrogen-bond acceptors (Lipinski definition) is 5. The smallest absolute Gasteiger partial charge is 0.241 e. The van der Waals surface area contributed by atoms with Gasteiger partial charge in [-0.2, -0.15) is 0 Å². The van der Waals surface area contributed by atoms with Crippen LogP contribution in [0.1, 0.15) is 27.7 Å². The monoisotopic (exact) mass is 375 g/mol. The lowest BCUT2D eigenvalue weighted by Crippen LogP contribution is -2.55. The highest BCUT2D eigenvalue weighted by molar-refractivity contribution is 5.95. The van der Waals surface area contributed by atoms with Crippen molar-refractivity contribution in [2.45, 2.75) is 45.9 Å². The first-order valence-corrected chi connectivity index (χ1v) is 10.1. The van der Waals surface area contributed by atoms with Gasteiger partial charge in [-0.1, -0.05) is 19.9 Å². The number of amides is 1. The van der Waals surface area contributed by atoms with Crippen molar-refractivity contribution in [3.63, 3.8) is 0 Å². The van der Waals surface area contributed by atoms with Crippen LogP contribution in [-0.4, -0.2) is 68.4 Å². The van der Waals surface area contributed by atoms with Gasteiger partial charge in [0.25, 0.3) is 0 Å². The quantitative estimate of drug-likeness (QED) is 0.857. The summed E-state index contributed by atoms with van der Waals surface area (Å²) < 4.78 is 11.3. The van der Waals surface area contributed by atoms with Crippen LogP contribution in [0.3, 0.4) is 0 Å². The van der Waals surface area contributed by atoms with E-state index in [1.807, 2.05) is 12.1 Å². The molecule has 1 aromatic rings. The Balaban J connectivity index is 1.70. The minimum Gasteiger partial charge on any atom is -0.378 e. The maximum absolute atomic E-state index is 13.1. The van der Waals surface area contributed by atoms with Crippen molar-refractivity contribution in [2.24, 2.45) is 5.92 Å². The number of hydrogen-bond donors (Lipinski definition) is 1. The van der Waals surface area contributed by atoms with Crippen molar-refractivity contribution >= 4 is 17.3 Å². The first-order valence-electron chi connectivity index (χ1n) is 10.1. The van der Waals surface area contributed by atoms with Gasteiger partial charge in [0, 0.05) is 37.6 Å². The summed E-state index contributed by atoms with van der Waals surface area (Å²) in [6.45, 7) is 13.2. The van der Waals surface area contributed by atoms with Gasteiger partial charge >= 0.3 is 0 Å². The van der Waals surface area contributed by atoms with Crippen molar-refractivity contribution in [2.75, 3.05) is 49.6 Å². The fourth-order valence-electron chi connectivity index (χ4n) is 4.15. The summed E-state index contributed by atoms with van der Waals surface area (Å²) in [5.74, 6) is 0.287. The van der Waals surface area contributed by atoms with E-state index in [0.29, 0.717) is 0 Å². The normalized spacial score (nSPS) is 25.4. The molecule has 6 nitrogen and oxygen atoms in total. The molecule has 1 N–H and O–H groups in total. The lowest BCUT2D eigenvalue weighted by atomic mass is 9.99. The molecule has 1 aromatic carbocycles. The van der Waals surface area contributed by atoms with Gasteiger partial charge in [0.2, 0.25) is 5.91 Å². The summed E-state index contributed by atoms with van der Waals surface area (Å²) in [6.07, 6.45) is 0.292. The second-order valence-corrected chi connectivity index (χ2v) is 8.04. The Morgan fingerprint density at radius 2 is 1.81 bits per heavy atom. The van der Waals surface area contributed by atoms with Crippen LogP contribution in [0, 0.1) is 5.92 Å². The highest BCUT2D eigenvalue weighted by atomic mass is 16.5. The zero-order chi connectivity index (χ0) is 19.4. The highest BCUT2D eigenvalue weighted by Crippen LogP contribution is 2.23. The Bertz CT molecular complexity index is 621. The molecule has 0 bridgehead atoms. The molecule has 1 amide bonds. The van der Waals surface area contributed by atoms with E-state index in [-0.39, 0.29) is 30.1 Å². The number of anilines is 2. The van der Waals surface area contributed by atoms with Crippen LogP contribution < -0.4 is 10.2 Å². The molecule has 2 fully saturated rings. The third-order valence-corrected chi connectivity index (χ3v) is 5.23. The van der Waals surface area contributed by atoms with E-state index in [4.69, 9.17) is 9.47 Å². The van der Waals surface area contributed by atoms with Crippen LogP contribution in [0.4, 0.5) is 11.4 Å². The van der Waals surface area contributed by atoms with Gasteiger partial charge in [0.05, 0.1) is 31.5 Å². The second kappa shape index (κ2) is 9.04. The van der Waals surface area contributed by atoms with Crippen LogP contribution in [-0.2, 0) is 14.3 Å². The summed E-state index contributed by atoms with van der Waals surface area (Å²) in [7, 11) is 0. The van der Waals surface area contributed by atoms with Gasteiger partial charge in [-0.3, -0.25) is 9.69 Å². The molecule has 0 saturated carbocycles. The molecule has 150 valence electrons. The molecule has 0 spiro atoms. The molecule has 2 aliphatic heterocycles. The Hall–Kier alpha value is -1.63. The first-order chi connectivity index (χ1) is 12.9. The SMILES string of the molecule is CC(C)[C@H](C(=O)Nc1cccc(N2CCOCC2)c1)N1C[C@@H](C)O[C@H](C)C1. The summed E-state index contributed by atoms with van der Waals surface area (Å²) in [6, 6.07) is 7.95. The standard InChI is InChI=1S/C21H33N3O3/c1-15(2)20(24-13-16(3)27-17(4)14-24)21(25)22-18-6-5-7-19(12-18)23-8-10-26-11-9-23/h5-7,12,15-17,20H,8-11,13-14H2,1-4H3,(H,22,25)/t16-,17-,20-/m1/s1. The number of morpholine rings is 2. The third-order valence-electron chi connectivity index (χ3n) is 5.23. The Morgan fingerprint density at radius 3 is 2.44 bits per heavy atom. The summed E-state index contributed by atoms with van der Waals surface area (Å²) in [5, 5.41) is 3.15. The fraction of sp³-hybridized carbons (Fsp3) is 0.667. The molecule has 2 aliphatic rings. The van der Waals surface area contributed by atoms with E-state index in [2.05, 4.69) is 54.9 Å². The molecular formula is C21H33N3O3. The fourth-order valence-corrected chi connectivity index (χ4v) is 4.15. The van der Waals surface area contributed by atoms with E-state index in [9.17, 15) is 4.79 Å². The van der Waals surface area contributed by atoms with E-state index in [1.165, 1.54) is 0 Å². The predicted molar refractivity (Wildman–Crippen MR) is 108 cm³/mol. The molecule has 3 rings (SSSR count). The van der Waals surface area contributed by atoms with E-state index in [1.54, 1.807) is 0 Å². The van der Waals surface area contributed by atoms with Crippen LogP contribution in [0.5, 0.6) is 0 Å². The molecular weight excluding hydrogens is 342 g/mol. The molecule has 2 saturated heterocycles. The van der Waals surface area contributed by atoms with Crippen molar-refractivity contribution in [1.82, 2.24) is 4.90 Å². The zero-order valence-corrected chi connectivity index (χ0v) is 17.0. The van der Waals surface area contributed by atoms with Gasteiger partial charge in [-0.25, -0.2) is 0 Å². The van der Waals surface area contributed by atoms with Crippen molar-refractivity contribution in [3.8, 4) is 0 Å². The number of nitrogens with one attached hydrogen (secondary N) is 1. The number of benzene rings is 1. The predicted octanol–water partition coefficient (Wildman–Crippen LogP) is 2.60. The number of rotatable bonds is 5. The average molecular weight is 376 g/mol. The van der Waals surface area contributed by atoms with Crippen molar-refractivity contribution in [1.29, 1.82) is 0 Å². The first kappa shape index (κ1) is 20.1. The molecule has 27 heavy (non-hydrogen) atoms. The molecule has 6 heteroatoms. The lowest BCUT2D eigenvalue weighted by Gasteiger charge is -2.41. The van der Waals surface area contributed by atoms with E-state index in [0.717, 1.165) is 50.8 Å². The number of carbonyl (C=O) groups is 1. The van der Waals surface area contributed by atoms with Crippen LogP contribution in [0.25, 0.3) is 0 Å². The third kappa shape index (κ3) is 5.21. The number of nitrogens with zero attached hydrogens (tertiary/aromatic N) is 2. The molecule has 0 radical (unpaired) electrons. The largest absolute Gasteiger partial charge is 0.378 e. The van der Waals surface area contributed by atoms with Gasteiger partial charge in [0.1, 0.15) is 0 Å². The Labute approximate surface area is 162 Å². The zero-order valence-electron chi connectivity index (χ0n) is 17.0. The van der Waals surface area contributed by atoms with Crippen LogP contribution >= 0.6 is 0 Å². The Morgan fingerprint density at radius 1 is 1.15 bits per heavy atom. The van der Waals surface area contributed by atoms with E-state index >= 15 is 0 Å². The lowest BCUT2D eigenvalue weighted by molar-refractivity contribution is -0.130. The van der Waals surface area contributed by atoms with Gasteiger partial charge in [-0.15, -0.1) is 0 Å². The molecule has 3 atom stereocenters. The minimum absolute atomic E-state index is 0.0606. The van der Waals surface area contributed by atoms with Crippen molar-refractivity contribution in [3.05, 3.63) is 24.3 Å². The molecule has 2 heterocycles. The Kier molecular flexibility index (Phi) is 6.73. The van der Waals surface area contributed by atoms with Gasteiger partial charge in [-0.05, 0) is 38.0 Å². The second-order valence-electron chi connectivity index (χ2n) is 8.04. The molecule has 0 aliphatic carbocycles. The summed E-state index contributed by atoms with van der Waals surface area (Å²) in [4.78, 5) is 17.7. The van der Waals surface area contributed by atoms with Gasteiger partial charge in [0.15, 0.2) is 0 Å². The summed E-state index contributed by atoms with van der Waals surface area (Å²) in [5.41, 5.74) is 1.98. The summed E-state index contributed by atoms with van der Waals surface area (Å²) >= 11 is 0. The number of carbonyl (C=O) groups excluding carboxylic acids is 1. The number of ether oxygens (including phenoxy) is 2. The van der Waals surface area contributed by atoms with Crippen molar-refractivity contribution < 1.29 is 14.3 Å². The van der Waals surface area contributed by atoms with E-state index < -0.39 is 0 Å².